The summed E-state index contributed by atoms with van der Waals surface area (Å²) in [5, 5.41) is 12.7. The van der Waals surface area contributed by atoms with E-state index in [1.165, 1.54) is 11.3 Å². The van der Waals surface area contributed by atoms with Gasteiger partial charge in [-0.15, -0.1) is 11.3 Å². The number of aromatic nitrogens is 4. The first-order valence-corrected chi connectivity index (χ1v) is 12.8. The minimum absolute atomic E-state index is 0.113. The van der Waals surface area contributed by atoms with Gasteiger partial charge in [0.25, 0.3) is 11.8 Å². The fourth-order valence-electron chi connectivity index (χ4n) is 4.17. The highest BCUT2D eigenvalue weighted by atomic mass is 32.1. The zero-order chi connectivity index (χ0) is 24.0. The predicted molar refractivity (Wildman–Crippen MR) is 131 cm³/mol. The van der Waals surface area contributed by atoms with E-state index in [-0.39, 0.29) is 23.6 Å². The van der Waals surface area contributed by atoms with E-state index < -0.39 is 0 Å². The van der Waals surface area contributed by atoms with Gasteiger partial charge in [-0.2, -0.15) is 5.10 Å². The van der Waals surface area contributed by atoms with Crippen molar-refractivity contribution < 1.29 is 19.1 Å². The third kappa shape index (κ3) is 5.75. The molecule has 10 nitrogen and oxygen atoms in total. The average molecular weight is 497 g/mol. The molecule has 0 atom stereocenters. The molecule has 0 unspecified atom stereocenters. The molecule has 5 rings (SSSR count). The fourth-order valence-corrected chi connectivity index (χ4v) is 4.96. The number of carbonyl (C=O) groups is 2. The molecule has 0 aromatic carbocycles. The summed E-state index contributed by atoms with van der Waals surface area (Å²) in [6.07, 6.45) is 7.79. The van der Waals surface area contributed by atoms with Crippen LogP contribution in [0.25, 0.3) is 10.6 Å². The van der Waals surface area contributed by atoms with Crippen LogP contribution in [0.1, 0.15) is 58.4 Å². The summed E-state index contributed by atoms with van der Waals surface area (Å²) in [6.45, 7) is 2.66. The molecule has 2 aliphatic rings. The normalized spacial score (nSPS) is 18.5. The molecular weight excluding hydrogens is 468 g/mol. The quantitative estimate of drug-likeness (QED) is 0.531. The van der Waals surface area contributed by atoms with Crippen molar-refractivity contribution in [2.45, 2.75) is 38.1 Å². The molecule has 1 fully saturated rings. The zero-order valence-corrected chi connectivity index (χ0v) is 20.2. The second-order valence-electron chi connectivity index (χ2n) is 8.57. The molecule has 0 saturated carbocycles. The van der Waals surface area contributed by atoms with Crippen molar-refractivity contribution in [2.24, 2.45) is 0 Å². The van der Waals surface area contributed by atoms with Gasteiger partial charge in [-0.05, 0) is 44.2 Å². The Morgan fingerprint density at radius 1 is 1.06 bits per heavy atom. The van der Waals surface area contributed by atoms with Gasteiger partial charge in [0.05, 0.1) is 18.3 Å². The second kappa shape index (κ2) is 11.1. The lowest BCUT2D eigenvalue weighted by Gasteiger charge is -2.22. The number of fused-ring (bicyclic) bond motifs is 6. The summed E-state index contributed by atoms with van der Waals surface area (Å²) in [5.74, 6) is -0.739. The number of nitrogens with one attached hydrogen (secondary N) is 2. The Bertz CT molecular complexity index is 1190. The summed E-state index contributed by atoms with van der Waals surface area (Å²) in [5.41, 5.74) is 2.75. The number of hydrogen-bond acceptors (Lipinski definition) is 8. The maximum absolute atomic E-state index is 13.1. The van der Waals surface area contributed by atoms with E-state index in [9.17, 15) is 9.59 Å². The Balaban J connectivity index is 1.43. The van der Waals surface area contributed by atoms with Crippen molar-refractivity contribution in [3.63, 3.8) is 0 Å². The first-order chi connectivity index (χ1) is 17.2. The SMILES string of the molecule is O=C1Nc2cn(C3CCOCC3)nc2C(=O)NCCOCCCCc2cc(ccn2)-c2nc1cs2. The van der Waals surface area contributed by atoms with Crippen LogP contribution in [0.2, 0.25) is 0 Å². The molecule has 11 heteroatoms. The summed E-state index contributed by atoms with van der Waals surface area (Å²) in [7, 11) is 0. The number of thiazole rings is 1. The van der Waals surface area contributed by atoms with Crippen molar-refractivity contribution in [3.05, 3.63) is 47.0 Å². The number of amides is 2. The van der Waals surface area contributed by atoms with E-state index in [1.54, 1.807) is 22.5 Å². The first-order valence-electron chi connectivity index (χ1n) is 11.9. The van der Waals surface area contributed by atoms with Gasteiger partial charge < -0.3 is 20.1 Å². The second-order valence-corrected chi connectivity index (χ2v) is 9.43. The highest BCUT2D eigenvalue weighted by Gasteiger charge is 2.24. The number of hydrogen-bond donors (Lipinski definition) is 2. The van der Waals surface area contributed by atoms with Gasteiger partial charge in [0.2, 0.25) is 0 Å². The van der Waals surface area contributed by atoms with Crippen LogP contribution in [0.5, 0.6) is 0 Å². The summed E-state index contributed by atoms with van der Waals surface area (Å²) >= 11 is 1.40. The maximum atomic E-state index is 13.1. The molecule has 0 aliphatic carbocycles. The van der Waals surface area contributed by atoms with Crippen molar-refractivity contribution in [1.29, 1.82) is 0 Å². The first kappa shape index (κ1) is 23.6. The van der Waals surface area contributed by atoms with E-state index >= 15 is 0 Å². The van der Waals surface area contributed by atoms with Gasteiger partial charge in [0.15, 0.2) is 5.69 Å². The van der Waals surface area contributed by atoms with Crippen LogP contribution < -0.4 is 10.6 Å². The van der Waals surface area contributed by atoms with Crippen LogP contribution in [-0.4, -0.2) is 64.5 Å². The Labute approximate surface area is 207 Å². The molecule has 0 spiro atoms. The van der Waals surface area contributed by atoms with E-state index in [2.05, 4.69) is 25.7 Å². The van der Waals surface area contributed by atoms with Gasteiger partial charge in [0.1, 0.15) is 10.7 Å². The van der Waals surface area contributed by atoms with Crippen molar-refractivity contribution in [1.82, 2.24) is 25.1 Å². The third-order valence-electron chi connectivity index (χ3n) is 6.06. The molecule has 2 aliphatic heterocycles. The van der Waals surface area contributed by atoms with Crippen LogP contribution in [0.3, 0.4) is 0 Å². The Morgan fingerprint density at radius 3 is 2.80 bits per heavy atom. The summed E-state index contributed by atoms with van der Waals surface area (Å²) in [4.78, 5) is 35.0. The highest BCUT2D eigenvalue weighted by Crippen LogP contribution is 2.27. The van der Waals surface area contributed by atoms with E-state index in [0.29, 0.717) is 44.4 Å². The van der Waals surface area contributed by atoms with E-state index in [1.807, 2.05) is 12.1 Å². The fraction of sp³-hybridized carbons (Fsp3) is 0.458. The monoisotopic (exact) mass is 496 g/mol. The van der Waals surface area contributed by atoms with Gasteiger partial charge in [0, 0.05) is 55.4 Å². The van der Waals surface area contributed by atoms with Gasteiger partial charge in [-0.3, -0.25) is 19.3 Å². The van der Waals surface area contributed by atoms with Crippen LogP contribution in [0.4, 0.5) is 5.69 Å². The van der Waals surface area contributed by atoms with E-state index in [4.69, 9.17) is 9.47 Å². The molecule has 184 valence electrons. The van der Waals surface area contributed by atoms with Crippen molar-refractivity contribution in [3.8, 4) is 10.6 Å². The molecule has 4 bridgehead atoms. The van der Waals surface area contributed by atoms with Crippen LogP contribution in [0.15, 0.2) is 29.9 Å². The predicted octanol–water partition coefficient (Wildman–Crippen LogP) is 3.09. The average Bonchev–Trinajstić information content (AvgIpc) is 3.54. The molecule has 0 radical (unpaired) electrons. The smallest absolute Gasteiger partial charge is 0.275 e. The standard InChI is InChI=1S/C24H28N6O4S/c31-22-20-15-35-24(28-20)16-4-7-25-17(13-16)3-1-2-9-33-12-8-26-23(32)21-19(27-22)14-30(29-21)18-5-10-34-11-6-18/h4,7,13-15,18H,1-3,5-6,8-12H2,(H,26,32)(H,27,31). The molecule has 5 heterocycles. The zero-order valence-electron chi connectivity index (χ0n) is 19.4. The lowest BCUT2D eigenvalue weighted by Crippen LogP contribution is -2.29. The van der Waals surface area contributed by atoms with Crippen molar-refractivity contribution >= 4 is 28.8 Å². The minimum atomic E-state index is -0.386. The minimum Gasteiger partial charge on any atom is -0.381 e. The summed E-state index contributed by atoms with van der Waals surface area (Å²) < 4.78 is 12.9. The number of rotatable bonds is 1. The van der Waals surface area contributed by atoms with E-state index in [0.717, 1.165) is 48.4 Å². The largest absolute Gasteiger partial charge is 0.381 e. The Kier molecular flexibility index (Phi) is 7.45. The Hall–Kier alpha value is -3.15. The summed E-state index contributed by atoms with van der Waals surface area (Å²) in [6, 6.07) is 4.03. The number of ether oxygens (including phenoxy) is 2. The molecule has 3 aromatic heterocycles. The Morgan fingerprint density at radius 2 is 1.91 bits per heavy atom. The molecule has 1 saturated heterocycles. The van der Waals surface area contributed by atoms with Crippen LogP contribution in [-0.2, 0) is 15.9 Å². The van der Waals surface area contributed by atoms with Gasteiger partial charge >= 0.3 is 0 Å². The highest BCUT2D eigenvalue weighted by molar-refractivity contribution is 7.13. The number of anilines is 1. The van der Waals surface area contributed by atoms with Crippen molar-refractivity contribution in [2.75, 3.05) is 38.3 Å². The molecule has 2 amide bonds. The molecule has 2 N–H and O–H groups in total. The number of aryl methyl sites for hydroxylation is 1. The van der Waals surface area contributed by atoms with Crippen LogP contribution >= 0.6 is 11.3 Å². The lowest BCUT2D eigenvalue weighted by atomic mass is 10.1. The number of nitrogens with zero attached hydrogens (tertiary/aromatic N) is 4. The van der Waals surface area contributed by atoms with Crippen LogP contribution in [0, 0.1) is 0 Å². The van der Waals surface area contributed by atoms with Gasteiger partial charge in [-0.1, -0.05) is 0 Å². The maximum Gasteiger partial charge on any atom is 0.275 e. The molecule has 3 aromatic rings. The molecule has 35 heavy (non-hydrogen) atoms. The number of carbonyl (C=O) groups excluding carboxylic acids is 2. The lowest BCUT2D eigenvalue weighted by molar-refractivity contribution is 0.0660. The van der Waals surface area contributed by atoms with Gasteiger partial charge in [-0.25, -0.2) is 4.98 Å². The number of pyridine rings is 1. The topological polar surface area (TPSA) is 120 Å². The molecular formula is C24H28N6O4S. The third-order valence-corrected chi connectivity index (χ3v) is 6.96.